The molecule has 144 valence electrons. The van der Waals surface area contributed by atoms with Crippen LogP contribution in [0.2, 0.25) is 0 Å². The zero-order valence-corrected chi connectivity index (χ0v) is 15.7. The summed E-state index contributed by atoms with van der Waals surface area (Å²) >= 11 is 0. The SMILES string of the molecule is Cc1ccccc1-n1c(CC2CCN(C(=O)c3cnccn3)CC2)n[nH]c1=O. The van der Waals surface area contributed by atoms with Gasteiger partial charge >= 0.3 is 5.69 Å². The smallest absolute Gasteiger partial charge is 0.337 e. The second kappa shape index (κ2) is 7.75. The van der Waals surface area contributed by atoms with Crippen LogP contribution in [-0.2, 0) is 6.42 Å². The van der Waals surface area contributed by atoms with Crippen LogP contribution in [-0.4, -0.2) is 48.6 Å². The molecule has 3 heterocycles. The molecule has 0 bridgehead atoms. The summed E-state index contributed by atoms with van der Waals surface area (Å²) in [6, 6.07) is 7.78. The van der Waals surface area contributed by atoms with Crippen molar-refractivity contribution in [3.8, 4) is 5.69 Å². The molecule has 1 aliphatic heterocycles. The number of nitrogens with one attached hydrogen (secondary N) is 1. The number of nitrogens with zero attached hydrogens (tertiary/aromatic N) is 5. The van der Waals surface area contributed by atoms with E-state index in [-0.39, 0.29) is 11.6 Å². The first-order valence-electron chi connectivity index (χ1n) is 9.41. The number of hydrogen-bond acceptors (Lipinski definition) is 5. The molecule has 0 atom stereocenters. The molecular formula is C20H22N6O2. The monoisotopic (exact) mass is 378 g/mol. The summed E-state index contributed by atoms with van der Waals surface area (Å²) in [5, 5.41) is 6.83. The number of para-hydroxylation sites is 1. The molecule has 8 nitrogen and oxygen atoms in total. The summed E-state index contributed by atoms with van der Waals surface area (Å²) in [5.74, 6) is 1.02. The Morgan fingerprint density at radius 2 is 2.00 bits per heavy atom. The van der Waals surface area contributed by atoms with Gasteiger partial charge in [0.15, 0.2) is 0 Å². The molecule has 0 aliphatic carbocycles. The molecule has 28 heavy (non-hydrogen) atoms. The van der Waals surface area contributed by atoms with Crippen molar-refractivity contribution in [1.82, 2.24) is 29.6 Å². The van der Waals surface area contributed by atoms with Crippen molar-refractivity contribution >= 4 is 5.91 Å². The lowest BCUT2D eigenvalue weighted by Gasteiger charge is -2.31. The van der Waals surface area contributed by atoms with Crippen LogP contribution in [0.3, 0.4) is 0 Å². The first kappa shape index (κ1) is 18.1. The van der Waals surface area contributed by atoms with Crippen molar-refractivity contribution in [1.29, 1.82) is 0 Å². The van der Waals surface area contributed by atoms with Crippen molar-refractivity contribution in [3.05, 3.63) is 70.4 Å². The molecule has 1 aliphatic rings. The number of H-pyrrole nitrogens is 1. The Balaban J connectivity index is 1.44. The number of amides is 1. The molecule has 4 rings (SSSR count). The van der Waals surface area contributed by atoms with Crippen LogP contribution in [0.5, 0.6) is 0 Å². The van der Waals surface area contributed by atoms with Crippen molar-refractivity contribution < 1.29 is 4.79 Å². The molecule has 3 aromatic rings. The molecule has 2 aromatic heterocycles. The molecule has 0 unspecified atom stereocenters. The summed E-state index contributed by atoms with van der Waals surface area (Å²) in [7, 11) is 0. The predicted molar refractivity (Wildman–Crippen MR) is 103 cm³/mol. The Morgan fingerprint density at radius 3 is 2.71 bits per heavy atom. The van der Waals surface area contributed by atoms with E-state index < -0.39 is 0 Å². The van der Waals surface area contributed by atoms with Gasteiger partial charge in [-0.3, -0.25) is 9.78 Å². The van der Waals surface area contributed by atoms with Crippen molar-refractivity contribution in [2.75, 3.05) is 13.1 Å². The second-order valence-electron chi connectivity index (χ2n) is 7.10. The van der Waals surface area contributed by atoms with Gasteiger partial charge in [-0.15, -0.1) is 0 Å². The average Bonchev–Trinajstić information content (AvgIpc) is 3.09. The van der Waals surface area contributed by atoms with Gasteiger partial charge in [0.05, 0.1) is 11.9 Å². The lowest BCUT2D eigenvalue weighted by molar-refractivity contribution is 0.0683. The number of aromatic nitrogens is 5. The maximum absolute atomic E-state index is 12.5. The zero-order valence-electron chi connectivity index (χ0n) is 15.7. The topological polar surface area (TPSA) is 96.8 Å². The minimum Gasteiger partial charge on any atom is -0.337 e. The third-order valence-electron chi connectivity index (χ3n) is 5.25. The lowest BCUT2D eigenvalue weighted by Crippen LogP contribution is -2.39. The van der Waals surface area contributed by atoms with Gasteiger partial charge in [-0.1, -0.05) is 18.2 Å². The van der Waals surface area contributed by atoms with Gasteiger partial charge in [-0.25, -0.2) is 19.4 Å². The van der Waals surface area contributed by atoms with Crippen LogP contribution >= 0.6 is 0 Å². The van der Waals surface area contributed by atoms with Crippen molar-refractivity contribution in [2.45, 2.75) is 26.2 Å². The standard InChI is InChI=1S/C20H22N6O2/c1-14-4-2-3-5-17(14)26-18(23-24-20(26)28)12-15-6-10-25(11-7-15)19(27)16-13-21-8-9-22-16/h2-5,8-9,13,15H,6-7,10-12H2,1H3,(H,24,28). The first-order valence-corrected chi connectivity index (χ1v) is 9.41. The highest BCUT2D eigenvalue weighted by Crippen LogP contribution is 2.23. The predicted octanol–water partition coefficient (Wildman–Crippen LogP) is 1.75. The van der Waals surface area contributed by atoms with Crippen LogP contribution < -0.4 is 5.69 Å². The Kier molecular flexibility index (Phi) is 5.01. The molecule has 1 saturated heterocycles. The fourth-order valence-electron chi connectivity index (χ4n) is 3.70. The number of carbonyl (C=O) groups excluding carboxylic acids is 1. The van der Waals surface area contributed by atoms with Crippen LogP contribution in [0.15, 0.2) is 47.7 Å². The molecule has 8 heteroatoms. The minimum absolute atomic E-state index is 0.0804. The summed E-state index contributed by atoms with van der Waals surface area (Å²) in [6.07, 6.45) is 7.00. The van der Waals surface area contributed by atoms with E-state index in [9.17, 15) is 9.59 Å². The number of aryl methyl sites for hydroxylation is 1. The number of rotatable bonds is 4. The van der Waals surface area contributed by atoms with Crippen LogP contribution in [0, 0.1) is 12.8 Å². The zero-order chi connectivity index (χ0) is 19.5. The number of piperidine rings is 1. The quantitative estimate of drug-likeness (QED) is 0.746. The van der Waals surface area contributed by atoms with E-state index in [2.05, 4.69) is 20.2 Å². The molecule has 1 amide bonds. The first-order chi connectivity index (χ1) is 13.6. The normalized spacial score (nSPS) is 15.0. The van der Waals surface area contributed by atoms with E-state index in [1.807, 2.05) is 36.1 Å². The third-order valence-corrected chi connectivity index (χ3v) is 5.25. The molecule has 1 aromatic carbocycles. The second-order valence-corrected chi connectivity index (χ2v) is 7.10. The van der Waals surface area contributed by atoms with E-state index in [4.69, 9.17) is 0 Å². The number of likely N-dealkylation sites (tertiary alicyclic amines) is 1. The molecule has 0 saturated carbocycles. The third kappa shape index (κ3) is 3.58. The van der Waals surface area contributed by atoms with Gasteiger partial charge in [-0.2, -0.15) is 5.10 Å². The van der Waals surface area contributed by atoms with Gasteiger partial charge in [0, 0.05) is 31.9 Å². The van der Waals surface area contributed by atoms with E-state index in [0.717, 1.165) is 29.9 Å². The largest absolute Gasteiger partial charge is 0.347 e. The Hall–Kier alpha value is -3.29. The van der Waals surface area contributed by atoms with E-state index >= 15 is 0 Å². The van der Waals surface area contributed by atoms with Crippen molar-refractivity contribution in [3.63, 3.8) is 0 Å². The highest BCUT2D eigenvalue weighted by molar-refractivity contribution is 5.92. The highest BCUT2D eigenvalue weighted by atomic mass is 16.2. The highest BCUT2D eigenvalue weighted by Gasteiger charge is 2.26. The Bertz CT molecular complexity index is 1020. The van der Waals surface area contributed by atoms with Gasteiger partial charge in [-0.05, 0) is 37.3 Å². The van der Waals surface area contributed by atoms with Crippen LogP contribution in [0.25, 0.3) is 5.69 Å². The van der Waals surface area contributed by atoms with E-state index in [1.165, 1.54) is 12.4 Å². The average molecular weight is 378 g/mol. The summed E-state index contributed by atoms with van der Waals surface area (Å²) in [4.78, 5) is 34.7. The number of hydrogen-bond donors (Lipinski definition) is 1. The number of benzene rings is 1. The van der Waals surface area contributed by atoms with Crippen LogP contribution in [0.1, 0.15) is 34.7 Å². The van der Waals surface area contributed by atoms with Gasteiger partial charge in [0.1, 0.15) is 11.5 Å². The maximum Gasteiger partial charge on any atom is 0.347 e. The number of carbonyl (C=O) groups is 1. The van der Waals surface area contributed by atoms with E-state index in [1.54, 1.807) is 10.8 Å². The Morgan fingerprint density at radius 1 is 1.21 bits per heavy atom. The summed E-state index contributed by atoms with van der Waals surface area (Å²) < 4.78 is 1.66. The van der Waals surface area contributed by atoms with Gasteiger partial charge < -0.3 is 4.90 Å². The lowest BCUT2D eigenvalue weighted by atomic mass is 9.93. The van der Waals surface area contributed by atoms with Gasteiger partial charge in [0.25, 0.3) is 5.91 Å². The molecule has 1 N–H and O–H groups in total. The summed E-state index contributed by atoms with van der Waals surface area (Å²) in [5.41, 5.74) is 2.03. The van der Waals surface area contributed by atoms with Crippen LogP contribution in [0.4, 0.5) is 0 Å². The van der Waals surface area contributed by atoms with Gasteiger partial charge in [0.2, 0.25) is 0 Å². The Labute approximate surface area is 162 Å². The molecule has 0 radical (unpaired) electrons. The molecule has 0 spiro atoms. The van der Waals surface area contributed by atoms with Crippen molar-refractivity contribution in [2.24, 2.45) is 5.92 Å². The fraction of sp³-hybridized carbons (Fsp3) is 0.350. The fourth-order valence-corrected chi connectivity index (χ4v) is 3.70. The number of aromatic amines is 1. The molecular weight excluding hydrogens is 356 g/mol. The maximum atomic E-state index is 12.5. The minimum atomic E-state index is -0.223. The summed E-state index contributed by atoms with van der Waals surface area (Å²) in [6.45, 7) is 3.31. The molecule has 1 fully saturated rings. The van der Waals surface area contributed by atoms with E-state index in [0.29, 0.717) is 31.1 Å².